The molecule has 1 aliphatic heterocycles. The van der Waals surface area contributed by atoms with E-state index in [1.807, 2.05) is 0 Å². The summed E-state index contributed by atoms with van der Waals surface area (Å²) >= 11 is 0. The lowest BCUT2D eigenvalue weighted by Gasteiger charge is -2.31. The molecule has 0 bridgehead atoms. The van der Waals surface area contributed by atoms with Gasteiger partial charge in [0.1, 0.15) is 17.2 Å². The molecule has 38 heavy (non-hydrogen) atoms. The Morgan fingerprint density at radius 2 is 1.61 bits per heavy atom. The molecule has 0 saturated carbocycles. The lowest BCUT2D eigenvalue weighted by molar-refractivity contribution is -0.137. The van der Waals surface area contributed by atoms with Gasteiger partial charge in [-0.25, -0.2) is 13.2 Å². The molecule has 1 amide bonds. The predicted molar refractivity (Wildman–Crippen MR) is 130 cm³/mol. The van der Waals surface area contributed by atoms with Crippen molar-refractivity contribution in [1.29, 1.82) is 0 Å². The second kappa shape index (κ2) is 9.50. The molecule has 0 spiro atoms. The van der Waals surface area contributed by atoms with E-state index in [9.17, 15) is 26.7 Å². The molecule has 2 N–H and O–H groups in total. The molecule has 0 atom stereocenters. The number of hydrogen-bond donors (Lipinski definition) is 1. The molecule has 2 heterocycles. The van der Waals surface area contributed by atoms with Crippen molar-refractivity contribution in [2.24, 2.45) is 5.73 Å². The van der Waals surface area contributed by atoms with Crippen molar-refractivity contribution >= 4 is 16.9 Å². The number of benzene rings is 3. The smallest absolute Gasteiger partial charge is 0.416 e. The van der Waals surface area contributed by atoms with Crippen LogP contribution in [0.2, 0.25) is 0 Å². The van der Waals surface area contributed by atoms with Crippen LogP contribution in [-0.4, -0.2) is 29.8 Å². The van der Waals surface area contributed by atoms with Crippen LogP contribution in [0.25, 0.3) is 33.2 Å². The Labute approximate surface area is 213 Å². The molecule has 10 heteroatoms. The molecular formula is C28H22F6N2O2. The number of carbonyl (C=O) groups excluding carboxylic acids is 1. The summed E-state index contributed by atoms with van der Waals surface area (Å²) in [7, 11) is 0. The summed E-state index contributed by atoms with van der Waals surface area (Å²) in [4.78, 5) is 14.0. The van der Waals surface area contributed by atoms with Crippen molar-refractivity contribution in [3.8, 4) is 22.3 Å². The first-order valence-electron chi connectivity index (χ1n) is 11.9. The number of halogens is 6. The maximum atomic E-state index is 15.3. The monoisotopic (exact) mass is 532 g/mol. The summed E-state index contributed by atoms with van der Waals surface area (Å²) in [6.07, 6.45) is -5.38. The maximum absolute atomic E-state index is 15.3. The number of amides is 1. The van der Waals surface area contributed by atoms with Crippen molar-refractivity contribution in [2.75, 3.05) is 13.1 Å². The summed E-state index contributed by atoms with van der Waals surface area (Å²) in [5.74, 6) is -3.61. The number of piperidine rings is 1. The van der Waals surface area contributed by atoms with Crippen LogP contribution in [0.5, 0.6) is 0 Å². The molecule has 4 nitrogen and oxygen atoms in total. The fraction of sp³-hybridized carbons (Fsp3) is 0.250. The second-order valence-corrected chi connectivity index (χ2v) is 9.28. The van der Waals surface area contributed by atoms with Gasteiger partial charge in [0.15, 0.2) is 0 Å². The molecule has 1 aromatic heterocycles. The Balaban J connectivity index is 1.52. The quantitative estimate of drug-likeness (QED) is 0.282. The molecule has 1 saturated heterocycles. The van der Waals surface area contributed by atoms with Crippen LogP contribution in [0.15, 0.2) is 65.1 Å². The highest BCUT2D eigenvalue weighted by atomic mass is 19.4. The van der Waals surface area contributed by atoms with Gasteiger partial charge in [-0.05, 0) is 53.6 Å². The van der Waals surface area contributed by atoms with E-state index in [2.05, 4.69) is 0 Å². The second-order valence-electron chi connectivity index (χ2n) is 9.28. The van der Waals surface area contributed by atoms with E-state index in [-0.39, 0.29) is 30.8 Å². The topological polar surface area (TPSA) is 59.5 Å². The van der Waals surface area contributed by atoms with Crippen LogP contribution < -0.4 is 5.73 Å². The molecular weight excluding hydrogens is 510 g/mol. The summed E-state index contributed by atoms with van der Waals surface area (Å²) in [5, 5.41) is 0.576. The van der Waals surface area contributed by atoms with Gasteiger partial charge >= 0.3 is 6.18 Å². The van der Waals surface area contributed by atoms with Gasteiger partial charge in [-0.1, -0.05) is 18.2 Å². The first-order chi connectivity index (χ1) is 17.9. The molecule has 1 fully saturated rings. The minimum atomic E-state index is -4.50. The highest BCUT2D eigenvalue weighted by molar-refractivity contribution is 5.98. The lowest BCUT2D eigenvalue weighted by atomic mass is 9.95. The van der Waals surface area contributed by atoms with E-state index in [0.29, 0.717) is 33.4 Å². The first kappa shape index (κ1) is 25.8. The average Bonchev–Trinajstić information content (AvgIpc) is 3.30. The number of likely N-dealkylation sites (tertiary alicyclic amines) is 1. The Kier molecular flexibility index (Phi) is 6.46. The Bertz CT molecular complexity index is 1500. The van der Waals surface area contributed by atoms with Crippen LogP contribution in [0.3, 0.4) is 0 Å². The molecule has 0 unspecified atom stereocenters. The zero-order chi connectivity index (χ0) is 27.2. The molecule has 4 aromatic rings. The number of nitrogens with zero attached hydrogens (tertiary/aromatic N) is 1. The number of carbonyl (C=O) groups is 1. The van der Waals surface area contributed by atoms with Crippen LogP contribution in [0.4, 0.5) is 26.3 Å². The fourth-order valence-electron chi connectivity index (χ4n) is 4.62. The average molecular weight is 532 g/mol. The maximum Gasteiger partial charge on any atom is 0.416 e. The van der Waals surface area contributed by atoms with E-state index in [4.69, 9.17) is 10.2 Å². The highest BCUT2D eigenvalue weighted by Gasteiger charge is 2.36. The molecule has 0 radical (unpaired) electrons. The Morgan fingerprint density at radius 3 is 2.21 bits per heavy atom. The minimum Gasteiger partial charge on any atom is -0.459 e. The number of hydrogen-bond acceptors (Lipinski definition) is 3. The van der Waals surface area contributed by atoms with E-state index in [1.165, 1.54) is 29.2 Å². The van der Waals surface area contributed by atoms with Crippen molar-refractivity contribution in [3.63, 3.8) is 0 Å². The van der Waals surface area contributed by atoms with Gasteiger partial charge in [0.05, 0.1) is 12.1 Å². The third-order valence-corrected chi connectivity index (χ3v) is 6.70. The summed E-state index contributed by atoms with van der Waals surface area (Å²) in [5.41, 5.74) is 6.76. The van der Waals surface area contributed by atoms with Crippen LogP contribution in [-0.2, 0) is 12.7 Å². The largest absolute Gasteiger partial charge is 0.459 e. The zero-order valence-electron chi connectivity index (χ0n) is 19.9. The summed E-state index contributed by atoms with van der Waals surface area (Å²) in [6.45, 7) is -0.150. The highest BCUT2D eigenvalue weighted by Crippen LogP contribution is 2.38. The molecule has 1 aliphatic rings. The summed E-state index contributed by atoms with van der Waals surface area (Å²) in [6, 6.07) is 13.4. The van der Waals surface area contributed by atoms with Crippen LogP contribution in [0, 0.1) is 5.82 Å². The fourth-order valence-corrected chi connectivity index (χ4v) is 4.62. The summed E-state index contributed by atoms with van der Waals surface area (Å²) < 4.78 is 87.2. The van der Waals surface area contributed by atoms with Gasteiger partial charge in [0.25, 0.3) is 11.8 Å². The number of rotatable bonds is 4. The van der Waals surface area contributed by atoms with Gasteiger partial charge < -0.3 is 15.1 Å². The van der Waals surface area contributed by atoms with E-state index < -0.39 is 42.2 Å². The number of nitrogens with two attached hydrogens (primary N) is 1. The van der Waals surface area contributed by atoms with E-state index >= 15 is 4.39 Å². The van der Waals surface area contributed by atoms with Gasteiger partial charge in [-0.3, -0.25) is 4.79 Å². The molecule has 3 aromatic carbocycles. The van der Waals surface area contributed by atoms with E-state index in [1.54, 1.807) is 18.2 Å². The molecule has 0 aliphatic carbocycles. The predicted octanol–water partition coefficient (Wildman–Crippen LogP) is 7.25. The zero-order valence-corrected chi connectivity index (χ0v) is 19.9. The van der Waals surface area contributed by atoms with Gasteiger partial charge in [0.2, 0.25) is 0 Å². The van der Waals surface area contributed by atoms with Crippen molar-refractivity contribution in [3.05, 3.63) is 83.4 Å². The van der Waals surface area contributed by atoms with Gasteiger partial charge in [-0.15, -0.1) is 0 Å². The van der Waals surface area contributed by atoms with Gasteiger partial charge in [0, 0.05) is 48.0 Å². The van der Waals surface area contributed by atoms with Crippen LogP contribution >= 0.6 is 0 Å². The minimum absolute atomic E-state index is 0.0363. The standard InChI is InChI=1S/C28H22F6N2O2/c29-24-14-17(26(37)36-9-7-27(30,31)8-10-36)3-6-22(24)18-11-19-12-21(15-35)38-25(19)23(13-18)16-1-4-20(5-2-16)28(32,33)34/h1-6,11-14H,7-10,15,35H2. The van der Waals surface area contributed by atoms with Crippen LogP contribution in [0.1, 0.15) is 34.5 Å². The van der Waals surface area contributed by atoms with Crippen molar-refractivity contribution in [2.45, 2.75) is 31.5 Å². The third-order valence-electron chi connectivity index (χ3n) is 6.70. The van der Waals surface area contributed by atoms with Crippen molar-refractivity contribution < 1.29 is 35.6 Å². The number of alkyl halides is 5. The van der Waals surface area contributed by atoms with Crippen molar-refractivity contribution in [1.82, 2.24) is 4.90 Å². The third kappa shape index (κ3) is 5.00. The molecule has 198 valence electrons. The Morgan fingerprint density at radius 1 is 0.921 bits per heavy atom. The SMILES string of the molecule is NCc1cc2cc(-c3ccc(C(=O)N4CCC(F)(F)CC4)cc3F)cc(-c3ccc(C(F)(F)F)cc3)c2o1. The normalized spacial score (nSPS) is 15.7. The lowest BCUT2D eigenvalue weighted by Crippen LogP contribution is -2.42. The molecule has 5 rings (SSSR count). The first-order valence-corrected chi connectivity index (χ1v) is 11.9. The van der Waals surface area contributed by atoms with Gasteiger partial charge in [-0.2, -0.15) is 13.2 Å². The van der Waals surface area contributed by atoms with E-state index in [0.717, 1.165) is 18.2 Å². The Hall–Kier alpha value is -3.79. The number of furan rings is 1. The number of fused-ring (bicyclic) bond motifs is 1.